The molecule has 0 bridgehead atoms. The molecule has 102 valence electrons. The number of ether oxygens (including phenoxy) is 1. The van der Waals surface area contributed by atoms with Crippen molar-refractivity contribution in [3.05, 3.63) is 0 Å². The second-order valence-electron chi connectivity index (χ2n) is 4.22. The maximum absolute atomic E-state index is 12.1. The van der Waals surface area contributed by atoms with Gasteiger partial charge in [-0.25, -0.2) is 12.7 Å². The largest absolute Gasteiger partial charge is 0.382 e. The van der Waals surface area contributed by atoms with Crippen LogP contribution in [0, 0.1) is 0 Å². The molecule has 0 saturated carbocycles. The predicted molar refractivity (Wildman–Crippen MR) is 70.2 cm³/mol. The van der Waals surface area contributed by atoms with Crippen molar-refractivity contribution < 1.29 is 13.2 Å². The van der Waals surface area contributed by atoms with Crippen LogP contribution in [0.5, 0.6) is 0 Å². The van der Waals surface area contributed by atoms with E-state index in [4.69, 9.17) is 10.5 Å². The van der Waals surface area contributed by atoms with E-state index in [-0.39, 0.29) is 16.8 Å². The average molecular weight is 292 g/mol. The Morgan fingerprint density at radius 1 is 1.56 bits per heavy atom. The minimum atomic E-state index is -3.58. The van der Waals surface area contributed by atoms with Gasteiger partial charge in [-0.2, -0.15) is 4.37 Å². The third kappa shape index (κ3) is 2.44. The van der Waals surface area contributed by atoms with Crippen LogP contribution in [0.1, 0.15) is 6.42 Å². The number of nitrogens with zero attached hydrogens (tertiary/aromatic N) is 2. The first-order chi connectivity index (χ1) is 8.43. The molecule has 1 aromatic heterocycles. The Balaban J connectivity index is 2.32. The van der Waals surface area contributed by atoms with E-state index >= 15 is 0 Å². The van der Waals surface area contributed by atoms with Gasteiger partial charge in [0.15, 0.2) is 10.7 Å². The first-order valence-electron chi connectivity index (χ1n) is 5.45. The third-order valence-electron chi connectivity index (χ3n) is 2.68. The van der Waals surface area contributed by atoms with Gasteiger partial charge in [-0.1, -0.05) is 0 Å². The quantitative estimate of drug-likeness (QED) is 0.821. The highest BCUT2D eigenvalue weighted by Gasteiger charge is 2.29. The first kappa shape index (κ1) is 13.5. The van der Waals surface area contributed by atoms with Crippen molar-refractivity contribution in [1.29, 1.82) is 0 Å². The van der Waals surface area contributed by atoms with Crippen molar-refractivity contribution in [1.82, 2.24) is 8.68 Å². The third-order valence-corrected chi connectivity index (χ3v) is 5.49. The molecular formula is C9H16N4O3S2. The Morgan fingerprint density at radius 3 is 2.83 bits per heavy atom. The Morgan fingerprint density at radius 2 is 2.28 bits per heavy atom. The molecule has 1 aliphatic rings. The maximum Gasteiger partial charge on any atom is 0.249 e. The molecule has 9 heteroatoms. The van der Waals surface area contributed by atoms with Crippen LogP contribution in [-0.2, 0) is 14.8 Å². The van der Waals surface area contributed by atoms with E-state index in [9.17, 15) is 8.42 Å². The summed E-state index contributed by atoms with van der Waals surface area (Å²) in [5.74, 6) is 0.0371. The smallest absolute Gasteiger partial charge is 0.249 e. The molecular weight excluding hydrogens is 276 g/mol. The molecule has 2 heterocycles. The summed E-state index contributed by atoms with van der Waals surface area (Å²) in [4.78, 5) is 0.0596. The summed E-state index contributed by atoms with van der Waals surface area (Å²) >= 11 is 1.06. The summed E-state index contributed by atoms with van der Waals surface area (Å²) < 4.78 is 34.6. The maximum atomic E-state index is 12.1. The summed E-state index contributed by atoms with van der Waals surface area (Å²) in [5.41, 5.74) is 5.66. The van der Waals surface area contributed by atoms with Gasteiger partial charge in [-0.3, -0.25) is 0 Å². The van der Waals surface area contributed by atoms with Gasteiger partial charge < -0.3 is 15.8 Å². The number of hydrogen-bond acceptors (Lipinski definition) is 7. The van der Waals surface area contributed by atoms with Crippen LogP contribution in [0.15, 0.2) is 4.90 Å². The van der Waals surface area contributed by atoms with E-state index in [0.29, 0.717) is 18.2 Å². The topological polar surface area (TPSA) is 97.6 Å². The number of rotatable bonds is 4. The molecule has 0 spiro atoms. The fraction of sp³-hybridized carbons (Fsp3) is 0.667. The van der Waals surface area contributed by atoms with Gasteiger partial charge in [-0.05, 0) is 18.0 Å². The Labute approximate surface area is 110 Å². The fourth-order valence-corrected chi connectivity index (χ4v) is 3.79. The molecule has 1 fully saturated rings. The van der Waals surface area contributed by atoms with Gasteiger partial charge in [0, 0.05) is 20.7 Å². The normalized spacial score (nSPS) is 20.5. The minimum Gasteiger partial charge on any atom is -0.382 e. The molecule has 1 saturated heterocycles. The van der Waals surface area contributed by atoms with Crippen LogP contribution in [-0.4, -0.2) is 50.4 Å². The van der Waals surface area contributed by atoms with Gasteiger partial charge in [0.2, 0.25) is 10.0 Å². The molecule has 1 unspecified atom stereocenters. The van der Waals surface area contributed by atoms with Gasteiger partial charge in [0.1, 0.15) is 5.00 Å². The lowest BCUT2D eigenvalue weighted by molar-refractivity contribution is 0.195. The van der Waals surface area contributed by atoms with E-state index < -0.39 is 10.0 Å². The lowest BCUT2D eigenvalue weighted by Gasteiger charge is -2.15. The van der Waals surface area contributed by atoms with E-state index in [1.165, 1.54) is 14.1 Å². The lowest BCUT2D eigenvalue weighted by Crippen LogP contribution is -2.25. The monoisotopic (exact) mass is 292 g/mol. The SMILES string of the molecule is CN(C)S(=O)(=O)c1c(N)nsc1NC1CCOC1. The standard InChI is InChI=1S/C9H16N4O3S2/c1-13(2)18(14,15)7-8(10)12-17-9(7)11-6-3-4-16-5-6/h6,11H,3-5H2,1-2H3,(H2,10,12). The van der Waals surface area contributed by atoms with E-state index in [0.717, 1.165) is 22.3 Å². The minimum absolute atomic E-state index is 0.0371. The van der Waals surface area contributed by atoms with Crippen molar-refractivity contribution in [3.63, 3.8) is 0 Å². The van der Waals surface area contributed by atoms with Gasteiger partial charge in [-0.15, -0.1) is 0 Å². The zero-order valence-electron chi connectivity index (χ0n) is 10.2. The van der Waals surface area contributed by atoms with Gasteiger partial charge in [0.25, 0.3) is 0 Å². The first-order valence-corrected chi connectivity index (χ1v) is 7.66. The van der Waals surface area contributed by atoms with Crippen LogP contribution in [0.2, 0.25) is 0 Å². The van der Waals surface area contributed by atoms with Crippen molar-refractivity contribution in [2.75, 3.05) is 38.4 Å². The molecule has 0 aromatic carbocycles. The Kier molecular flexibility index (Phi) is 3.76. The molecule has 18 heavy (non-hydrogen) atoms. The van der Waals surface area contributed by atoms with Crippen molar-refractivity contribution >= 4 is 32.4 Å². The van der Waals surface area contributed by atoms with Crippen molar-refractivity contribution in [3.8, 4) is 0 Å². The molecule has 2 rings (SSSR count). The molecule has 7 nitrogen and oxygen atoms in total. The number of nitrogen functional groups attached to an aromatic ring is 1. The predicted octanol–water partition coefficient (Wildman–Crippen LogP) is 0.176. The number of nitrogens with two attached hydrogens (primary N) is 1. The number of hydrogen-bond donors (Lipinski definition) is 2. The summed E-state index contributed by atoms with van der Waals surface area (Å²) in [6.45, 7) is 1.25. The molecule has 1 atom stereocenters. The number of nitrogens with one attached hydrogen (secondary N) is 1. The highest BCUT2D eigenvalue weighted by molar-refractivity contribution is 7.89. The van der Waals surface area contributed by atoms with Crippen LogP contribution in [0.4, 0.5) is 10.8 Å². The van der Waals surface area contributed by atoms with Gasteiger partial charge >= 0.3 is 0 Å². The van der Waals surface area contributed by atoms with Crippen molar-refractivity contribution in [2.45, 2.75) is 17.4 Å². The van der Waals surface area contributed by atoms with Crippen LogP contribution in [0.3, 0.4) is 0 Å². The lowest BCUT2D eigenvalue weighted by atomic mass is 10.3. The number of aromatic nitrogens is 1. The van der Waals surface area contributed by atoms with E-state index in [1.807, 2.05) is 0 Å². The number of anilines is 2. The molecule has 0 amide bonds. The number of sulfonamides is 1. The van der Waals surface area contributed by atoms with Gasteiger partial charge in [0.05, 0.1) is 12.6 Å². The fourth-order valence-electron chi connectivity index (χ4n) is 1.65. The van der Waals surface area contributed by atoms with E-state index in [1.54, 1.807) is 0 Å². The highest BCUT2D eigenvalue weighted by atomic mass is 32.2. The summed E-state index contributed by atoms with van der Waals surface area (Å²) in [6, 6.07) is 0.112. The van der Waals surface area contributed by atoms with Crippen LogP contribution < -0.4 is 11.1 Å². The van der Waals surface area contributed by atoms with Crippen LogP contribution in [0.25, 0.3) is 0 Å². The summed E-state index contributed by atoms with van der Waals surface area (Å²) in [5, 5.41) is 3.62. The average Bonchev–Trinajstić information content (AvgIpc) is 2.89. The summed E-state index contributed by atoms with van der Waals surface area (Å²) in [7, 11) is -0.649. The second-order valence-corrected chi connectivity index (χ2v) is 7.08. The van der Waals surface area contributed by atoms with E-state index in [2.05, 4.69) is 9.69 Å². The zero-order chi connectivity index (χ0) is 13.3. The molecule has 1 aliphatic heterocycles. The van der Waals surface area contributed by atoms with Crippen LogP contribution >= 0.6 is 11.5 Å². The Hall–Kier alpha value is -0.900. The second kappa shape index (κ2) is 5.00. The molecule has 1 aromatic rings. The molecule has 0 aliphatic carbocycles. The highest BCUT2D eigenvalue weighted by Crippen LogP contribution is 2.33. The zero-order valence-corrected chi connectivity index (χ0v) is 11.8. The molecule has 0 radical (unpaired) electrons. The van der Waals surface area contributed by atoms with Crippen molar-refractivity contribution in [2.24, 2.45) is 0 Å². The Bertz CT molecular complexity index is 520. The molecule has 3 N–H and O–H groups in total. The summed E-state index contributed by atoms with van der Waals surface area (Å²) in [6.07, 6.45) is 0.846.